The highest BCUT2D eigenvalue weighted by Gasteiger charge is 2.24. The van der Waals surface area contributed by atoms with E-state index in [0.29, 0.717) is 16.3 Å². The van der Waals surface area contributed by atoms with Gasteiger partial charge in [-0.05, 0) is 32.3 Å². The predicted octanol–water partition coefficient (Wildman–Crippen LogP) is 1.67. The van der Waals surface area contributed by atoms with E-state index in [9.17, 15) is 4.79 Å². The summed E-state index contributed by atoms with van der Waals surface area (Å²) in [6.07, 6.45) is 0. The molecule has 1 aliphatic rings. The first kappa shape index (κ1) is 17.1. The molecule has 1 aliphatic heterocycles. The number of ether oxygens (including phenoxy) is 1. The van der Waals surface area contributed by atoms with Crippen LogP contribution in [0.5, 0.6) is 5.75 Å². The maximum absolute atomic E-state index is 12.7. The van der Waals surface area contributed by atoms with Crippen molar-refractivity contribution >= 4 is 17.5 Å². The molecule has 22 heavy (non-hydrogen) atoms. The number of likely N-dealkylation sites (N-methyl/N-ethyl adjacent to an activating group) is 1. The monoisotopic (exact) mass is 325 g/mol. The van der Waals surface area contributed by atoms with E-state index in [1.54, 1.807) is 25.3 Å². The summed E-state index contributed by atoms with van der Waals surface area (Å²) in [5, 5.41) is 0.550. The fourth-order valence-electron chi connectivity index (χ4n) is 2.53. The summed E-state index contributed by atoms with van der Waals surface area (Å²) in [4.78, 5) is 19.1. The Morgan fingerprint density at radius 1 is 1.27 bits per heavy atom. The summed E-state index contributed by atoms with van der Waals surface area (Å²) in [5.74, 6) is 0.566. The van der Waals surface area contributed by atoms with E-state index in [4.69, 9.17) is 16.3 Å². The van der Waals surface area contributed by atoms with Crippen LogP contribution in [0.4, 0.5) is 0 Å². The van der Waals surface area contributed by atoms with E-state index in [2.05, 4.69) is 23.9 Å². The van der Waals surface area contributed by atoms with Crippen LogP contribution >= 0.6 is 11.6 Å². The first-order valence-corrected chi connectivity index (χ1v) is 7.89. The van der Waals surface area contributed by atoms with Crippen LogP contribution in [-0.2, 0) is 0 Å². The van der Waals surface area contributed by atoms with Gasteiger partial charge in [-0.1, -0.05) is 11.6 Å². The van der Waals surface area contributed by atoms with Gasteiger partial charge in [0, 0.05) is 44.3 Å². The first-order chi connectivity index (χ1) is 10.5. The smallest absolute Gasteiger partial charge is 0.257 e. The van der Waals surface area contributed by atoms with Crippen LogP contribution in [0.15, 0.2) is 18.2 Å². The summed E-state index contributed by atoms with van der Waals surface area (Å²) in [6.45, 7) is 5.36. The van der Waals surface area contributed by atoms with Crippen LogP contribution in [0.2, 0.25) is 5.02 Å². The molecule has 1 heterocycles. The number of rotatable bonds is 5. The number of piperazine rings is 1. The summed E-state index contributed by atoms with van der Waals surface area (Å²) in [6, 6.07) is 5.15. The molecule has 1 aromatic carbocycles. The molecule has 0 radical (unpaired) electrons. The van der Waals surface area contributed by atoms with Gasteiger partial charge in [-0.25, -0.2) is 0 Å². The number of hydrogen-bond donors (Lipinski definition) is 0. The number of hydrogen-bond acceptors (Lipinski definition) is 4. The van der Waals surface area contributed by atoms with Gasteiger partial charge < -0.3 is 14.5 Å². The van der Waals surface area contributed by atoms with Crippen LogP contribution in [0.3, 0.4) is 0 Å². The highest BCUT2D eigenvalue weighted by molar-refractivity contribution is 6.31. The molecule has 1 saturated heterocycles. The molecule has 0 atom stereocenters. The fourth-order valence-corrected chi connectivity index (χ4v) is 2.71. The van der Waals surface area contributed by atoms with Crippen LogP contribution in [0.25, 0.3) is 0 Å². The van der Waals surface area contributed by atoms with E-state index < -0.39 is 0 Å². The van der Waals surface area contributed by atoms with Gasteiger partial charge >= 0.3 is 0 Å². The number of halogens is 1. The Morgan fingerprint density at radius 3 is 2.55 bits per heavy atom. The van der Waals surface area contributed by atoms with E-state index >= 15 is 0 Å². The van der Waals surface area contributed by atoms with Crippen molar-refractivity contribution in [1.82, 2.24) is 14.7 Å². The van der Waals surface area contributed by atoms with Gasteiger partial charge in [0.1, 0.15) is 5.75 Å². The molecule has 6 heteroatoms. The Morgan fingerprint density at radius 2 is 1.95 bits per heavy atom. The second-order valence-electron chi connectivity index (χ2n) is 5.78. The van der Waals surface area contributed by atoms with Crippen molar-refractivity contribution in [1.29, 1.82) is 0 Å². The lowest BCUT2D eigenvalue weighted by molar-refractivity contribution is 0.0626. The van der Waals surface area contributed by atoms with Crippen LogP contribution in [-0.4, -0.2) is 81.1 Å². The largest absolute Gasteiger partial charge is 0.496 e. The normalized spacial score (nSPS) is 16.1. The van der Waals surface area contributed by atoms with Crippen LogP contribution in [0, 0.1) is 0 Å². The molecule has 0 aromatic heterocycles. The zero-order valence-electron chi connectivity index (χ0n) is 13.5. The topological polar surface area (TPSA) is 36.0 Å². The molecular formula is C16H24ClN3O2. The number of carbonyl (C=O) groups excluding carboxylic acids is 1. The number of benzene rings is 1. The van der Waals surface area contributed by atoms with Crippen molar-refractivity contribution < 1.29 is 9.53 Å². The number of carbonyl (C=O) groups is 1. The molecule has 1 amide bonds. The molecule has 0 spiro atoms. The van der Waals surface area contributed by atoms with Crippen molar-refractivity contribution in [2.45, 2.75) is 0 Å². The highest BCUT2D eigenvalue weighted by atomic mass is 35.5. The minimum atomic E-state index is -0.00777. The Kier molecular flexibility index (Phi) is 6.06. The Bertz CT molecular complexity index is 514. The van der Waals surface area contributed by atoms with Crippen molar-refractivity contribution in [3.63, 3.8) is 0 Å². The second-order valence-corrected chi connectivity index (χ2v) is 6.22. The second kappa shape index (κ2) is 7.81. The SMILES string of the molecule is COc1ccc(Cl)cc1C(=O)N1CCN(CCN(C)C)CC1. The molecular weight excluding hydrogens is 302 g/mol. The number of nitrogens with zero attached hydrogens (tertiary/aromatic N) is 3. The van der Waals surface area contributed by atoms with E-state index in [1.165, 1.54) is 0 Å². The van der Waals surface area contributed by atoms with Gasteiger partial charge in [-0.2, -0.15) is 0 Å². The molecule has 122 valence electrons. The Balaban J connectivity index is 1.96. The summed E-state index contributed by atoms with van der Waals surface area (Å²) in [5.41, 5.74) is 0.539. The minimum absolute atomic E-state index is 0.00777. The highest BCUT2D eigenvalue weighted by Crippen LogP contribution is 2.24. The molecule has 1 fully saturated rings. The lowest BCUT2D eigenvalue weighted by atomic mass is 10.1. The zero-order valence-corrected chi connectivity index (χ0v) is 14.3. The maximum atomic E-state index is 12.7. The molecule has 0 N–H and O–H groups in total. The third-order valence-corrected chi connectivity index (χ3v) is 4.15. The van der Waals surface area contributed by atoms with Crippen molar-refractivity contribution in [3.05, 3.63) is 28.8 Å². The standard InChI is InChI=1S/C16H24ClN3O2/c1-18(2)6-7-19-8-10-20(11-9-19)16(21)14-12-13(17)4-5-15(14)22-3/h4-5,12H,6-11H2,1-3H3. The Labute approximate surface area is 137 Å². The molecule has 0 bridgehead atoms. The van der Waals surface area contributed by atoms with Gasteiger partial charge in [-0.15, -0.1) is 0 Å². The van der Waals surface area contributed by atoms with Crippen LogP contribution in [0.1, 0.15) is 10.4 Å². The average Bonchev–Trinajstić information content (AvgIpc) is 2.52. The number of methoxy groups -OCH3 is 1. The summed E-state index contributed by atoms with van der Waals surface area (Å²) >= 11 is 6.01. The number of amides is 1. The first-order valence-electron chi connectivity index (χ1n) is 7.51. The van der Waals surface area contributed by atoms with Gasteiger partial charge in [0.2, 0.25) is 0 Å². The zero-order chi connectivity index (χ0) is 16.1. The van der Waals surface area contributed by atoms with Crippen molar-refractivity contribution in [3.8, 4) is 5.75 Å². The van der Waals surface area contributed by atoms with Gasteiger partial charge in [0.25, 0.3) is 5.91 Å². The lowest BCUT2D eigenvalue weighted by Gasteiger charge is -2.35. The third-order valence-electron chi connectivity index (χ3n) is 3.91. The Hall–Kier alpha value is -1.30. The van der Waals surface area contributed by atoms with E-state index in [1.807, 2.05) is 4.90 Å². The molecule has 0 unspecified atom stereocenters. The van der Waals surface area contributed by atoms with Crippen molar-refractivity contribution in [2.24, 2.45) is 0 Å². The van der Waals surface area contributed by atoms with E-state index in [0.717, 1.165) is 39.3 Å². The summed E-state index contributed by atoms with van der Waals surface area (Å²) in [7, 11) is 5.72. The maximum Gasteiger partial charge on any atom is 0.257 e. The molecule has 0 saturated carbocycles. The van der Waals surface area contributed by atoms with Crippen LogP contribution < -0.4 is 4.74 Å². The van der Waals surface area contributed by atoms with Gasteiger partial charge in [-0.3, -0.25) is 9.69 Å². The molecule has 5 nitrogen and oxygen atoms in total. The molecule has 0 aliphatic carbocycles. The van der Waals surface area contributed by atoms with Crippen molar-refractivity contribution in [2.75, 3.05) is 60.5 Å². The quantitative estimate of drug-likeness (QED) is 0.825. The average molecular weight is 326 g/mol. The molecule has 2 rings (SSSR count). The lowest BCUT2D eigenvalue weighted by Crippen LogP contribution is -2.50. The van der Waals surface area contributed by atoms with Gasteiger partial charge in [0.15, 0.2) is 0 Å². The molecule has 1 aromatic rings. The summed E-state index contributed by atoms with van der Waals surface area (Å²) < 4.78 is 5.28. The van der Waals surface area contributed by atoms with Gasteiger partial charge in [0.05, 0.1) is 12.7 Å². The van der Waals surface area contributed by atoms with E-state index in [-0.39, 0.29) is 5.91 Å². The third kappa shape index (κ3) is 4.35. The predicted molar refractivity (Wildman–Crippen MR) is 88.9 cm³/mol. The minimum Gasteiger partial charge on any atom is -0.496 e. The fraction of sp³-hybridized carbons (Fsp3) is 0.562.